The number of nitrogens with zero attached hydrogens (tertiary/aromatic N) is 2. The lowest BCUT2D eigenvalue weighted by atomic mass is 9.95. The van der Waals surface area contributed by atoms with Crippen LogP contribution in [0.25, 0.3) is 5.76 Å². The molecule has 182 valence electrons. The summed E-state index contributed by atoms with van der Waals surface area (Å²) in [5.74, 6) is -0.110. The van der Waals surface area contributed by atoms with Crippen molar-refractivity contribution in [2.24, 2.45) is 0 Å². The van der Waals surface area contributed by atoms with Gasteiger partial charge in [0.05, 0.1) is 24.3 Å². The van der Waals surface area contributed by atoms with E-state index in [1.54, 1.807) is 24.3 Å². The van der Waals surface area contributed by atoms with Gasteiger partial charge in [0.25, 0.3) is 11.7 Å². The molecule has 2 aromatic rings. The highest BCUT2D eigenvalue weighted by Crippen LogP contribution is 2.39. The van der Waals surface area contributed by atoms with Gasteiger partial charge in [-0.1, -0.05) is 19.1 Å². The molecule has 0 aliphatic carbocycles. The standard InChI is InChI=1S/C27H34N2O5/c1-6-17-33-21-11-7-19(8-12-21)24-23(26(31)27(32)29(24)16-15-28(4)5)25(30)20-9-13-22(14-10-20)34-18(2)3/h7-14,18,24,30H,6,15-17H2,1-5H3/b25-23+/t24-/m1/s1. The van der Waals surface area contributed by atoms with Crippen LogP contribution >= 0.6 is 0 Å². The van der Waals surface area contributed by atoms with Crippen LogP contribution in [-0.4, -0.2) is 66.5 Å². The van der Waals surface area contributed by atoms with E-state index in [9.17, 15) is 14.7 Å². The number of benzene rings is 2. The van der Waals surface area contributed by atoms with Crippen molar-refractivity contribution in [1.29, 1.82) is 0 Å². The number of hydrogen-bond donors (Lipinski definition) is 1. The molecule has 7 heteroatoms. The van der Waals surface area contributed by atoms with E-state index in [0.717, 1.165) is 17.7 Å². The minimum Gasteiger partial charge on any atom is -0.507 e. The van der Waals surface area contributed by atoms with Crippen LogP contribution in [0.15, 0.2) is 54.1 Å². The van der Waals surface area contributed by atoms with Gasteiger partial charge in [-0.05, 0) is 76.3 Å². The van der Waals surface area contributed by atoms with E-state index in [1.807, 2.05) is 64.0 Å². The van der Waals surface area contributed by atoms with Crippen molar-refractivity contribution in [3.63, 3.8) is 0 Å². The van der Waals surface area contributed by atoms with Gasteiger partial charge < -0.3 is 24.4 Å². The fourth-order valence-electron chi connectivity index (χ4n) is 3.85. The van der Waals surface area contributed by atoms with Crippen molar-refractivity contribution in [3.05, 3.63) is 65.2 Å². The van der Waals surface area contributed by atoms with E-state index in [2.05, 4.69) is 0 Å². The second kappa shape index (κ2) is 11.2. The molecule has 1 amide bonds. The van der Waals surface area contributed by atoms with Crippen LogP contribution in [0.5, 0.6) is 11.5 Å². The van der Waals surface area contributed by atoms with E-state index in [0.29, 0.717) is 31.0 Å². The summed E-state index contributed by atoms with van der Waals surface area (Å²) in [4.78, 5) is 29.6. The summed E-state index contributed by atoms with van der Waals surface area (Å²) in [7, 11) is 3.82. The van der Waals surface area contributed by atoms with Crippen LogP contribution in [-0.2, 0) is 9.59 Å². The van der Waals surface area contributed by atoms with Crippen LogP contribution < -0.4 is 9.47 Å². The molecule has 0 unspecified atom stereocenters. The van der Waals surface area contributed by atoms with Gasteiger partial charge in [0.2, 0.25) is 0 Å². The quantitative estimate of drug-likeness (QED) is 0.320. The average Bonchev–Trinajstić information content (AvgIpc) is 3.06. The van der Waals surface area contributed by atoms with E-state index in [-0.39, 0.29) is 17.4 Å². The summed E-state index contributed by atoms with van der Waals surface area (Å²) in [5.41, 5.74) is 1.28. The van der Waals surface area contributed by atoms with E-state index >= 15 is 0 Å². The third-order valence-electron chi connectivity index (χ3n) is 5.50. The van der Waals surface area contributed by atoms with Crippen molar-refractivity contribution in [1.82, 2.24) is 9.80 Å². The Balaban J connectivity index is 2.03. The summed E-state index contributed by atoms with van der Waals surface area (Å²) >= 11 is 0. The number of likely N-dealkylation sites (N-methyl/N-ethyl adjacent to an activating group) is 1. The molecule has 34 heavy (non-hydrogen) atoms. The molecular weight excluding hydrogens is 432 g/mol. The number of aliphatic hydroxyl groups excluding tert-OH is 1. The molecular formula is C27H34N2O5. The monoisotopic (exact) mass is 466 g/mol. The van der Waals surface area contributed by atoms with Gasteiger partial charge in [-0.2, -0.15) is 0 Å². The molecule has 1 aliphatic heterocycles. The number of carbonyl (C=O) groups excluding carboxylic acids is 2. The highest BCUT2D eigenvalue weighted by atomic mass is 16.5. The van der Waals surface area contributed by atoms with Crippen molar-refractivity contribution in [2.75, 3.05) is 33.8 Å². The Morgan fingerprint density at radius 1 is 1.03 bits per heavy atom. The second-order valence-corrected chi connectivity index (χ2v) is 8.90. The molecule has 1 fully saturated rings. The highest BCUT2D eigenvalue weighted by molar-refractivity contribution is 6.46. The fraction of sp³-hybridized carbons (Fsp3) is 0.407. The Kier molecular flexibility index (Phi) is 8.34. The normalized spacial score (nSPS) is 17.6. The Bertz CT molecular complexity index is 1030. The molecule has 1 heterocycles. The summed E-state index contributed by atoms with van der Waals surface area (Å²) in [6, 6.07) is 13.5. The van der Waals surface area contributed by atoms with E-state index in [1.165, 1.54) is 4.90 Å². The zero-order valence-corrected chi connectivity index (χ0v) is 20.6. The number of carbonyl (C=O) groups is 2. The lowest BCUT2D eigenvalue weighted by Gasteiger charge is -2.26. The Morgan fingerprint density at radius 2 is 1.65 bits per heavy atom. The maximum atomic E-state index is 13.1. The molecule has 0 bridgehead atoms. The van der Waals surface area contributed by atoms with Crippen molar-refractivity contribution < 1.29 is 24.2 Å². The smallest absolute Gasteiger partial charge is 0.295 e. The van der Waals surface area contributed by atoms with Crippen molar-refractivity contribution in [2.45, 2.75) is 39.3 Å². The van der Waals surface area contributed by atoms with Crippen LogP contribution in [0.3, 0.4) is 0 Å². The first-order chi connectivity index (χ1) is 16.2. The molecule has 7 nitrogen and oxygen atoms in total. The Morgan fingerprint density at radius 3 is 2.21 bits per heavy atom. The van der Waals surface area contributed by atoms with Gasteiger partial charge in [0.15, 0.2) is 0 Å². The molecule has 1 atom stereocenters. The molecule has 1 N–H and O–H groups in total. The first-order valence-electron chi connectivity index (χ1n) is 11.7. The summed E-state index contributed by atoms with van der Waals surface area (Å²) in [5, 5.41) is 11.2. The number of ether oxygens (including phenoxy) is 2. The maximum absolute atomic E-state index is 13.1. The zero-order chi connectivity index (χ0) is 24.8. The zero-order valence-electron chi connectivity index (χ0n) is 20.6. The van der Waals surface area contributed by atoms with Gasteiger partial charge in [-0.15, -0.1) is 0 Å². The summed E-state index contributed by atoms with van der Waals surface area (Å²) < 4.78 is 11.3. The fourth-order valence-corrected chi connectivity index (χ4v) is 3.85. The predicted octanol–water partition coefficient (Wildman–Crippen LogP) is 4.25. The second-order valence-electron chi connectivity index (χ2n) is 8.90. The Labute approximate surface area is 201 Å². The predicted molar refractivity (Wildman–Crippen MR) is 132 cm³/mol. The average molecular weight is 467 g/mol. The highest BCUT2D eigenvalue weighted by Gasteiger charge is 2.45. The molecule has 1 saturated heterocycles. The maximum Gasteiger partial charge on any atom is 0.295 e. The van der Waals surface area contributed by atoms with Crippen molar-refractivity contribution in [3.8, 4) is 11.5 Å². The van der Waals surface area contributed by atoms with Gasteiger partial charge >= 0.3 is 0 Å². The van der Waals surface area contributed by atoms with E-state index < -0.39 is 17.7 Å². The topological polar surface area (TPSA) is 79.3 Å². The first-order valence-corrected chi connectivity index (χ1v) is 11.7. The molecule has 2 aromatic carbocycles. The molecule has 3 rings (SSSR count). The molecule has 0 aromatic heterocycles. The molecule has 0 spiro atoms. The van der Waals surface area contributed by atoms with Gasteiger partial charge in [-0.25, -0.2) is 0 Å². The lowest BCUT2D eigenvalue weighted by molar-refractivity contribution is -0.140. The molecule has 0 saturated carbocycles. The SMILES string of the molecule is CCCOc1ccc([C@@H]2/C(=C(\O)c3ccc(OC(C)C)cc3)C(=O)C(=O)N2CCN(C)C)cc1. The molecule has 1 aliphatic rings. The van der Waals surface area contributed by atoms with E-state index in [4.69, 9.17) is 9.47 Å². The Hall–Kier alpha value is -3.32. The number of ketones is 1. The number of hydrogen-bond acceptors (Lipinski definition) is 6. The van der Waals surface area contributed by atoms with Crippen molar-refractivity contribution >= 4 is 17.4 Å². The number of Topliss-reactive ketones (excluding diaryl/α,β-unsaturated/α-hetero) is 1. The van der Waals surface area contributed by atoms with Crippen LogP contribution in [0.2, 0.25) is 0 Å². The van der Waals surface area contributed by atoms with Gasteiger partial charge in [0, 0.05) is 18.7 Å². The van der Waals surface area contributed by atoms with Gasteiger partial charge in [0.1, 0.15) is 17.3 Å². The summed E-state index contributed by atoms with van der Waals surface area (Å²) in [6.45, 7) is 7.45. The number of rotatable bonds is 10. The minimum absolute atomic E-state index is 0.0192. The lowest BCUT2D eigenvalue weighted by Crippen LogP contribution is -2.35. The largest absolute Gasteiger partial charge is 0.507 e. The number of likely N-dealkylation sites (tertiary alicyclic amines) is 1. The third kappa shape index (κ3) is 5.78. The minimum atomic E-state index is -0.688. The van der Waals surface area contributed by atoms with Crippen LogP contribution in [0.4, 0.5) is 0 Å². The van der Waals surface area contributed by atoms with Crippen LogP contribution in [0, 0.1) is 0 Å². The van der Waals surface area contributed by atoms with Gasteiger partial charge in [-0.3, -0.25) is 9.59 Å². The molecule has 0 radical (unpaired) electrons. The number of aliphatic hydroxyl groups is 1. The summed E-state index contributed by atoms with van der Waals surface area (Å²) in [6.07, 6.45) is 0.915. The number of amides is 1. The first kappa shape index (κ1) is 25.3. The van der Waals surface area contributed by atoms with Crippen LogP contribution in [0.1, 0.15) is 44.4 Å². The third-order valence-corrected chi connectivity index (χ3v) is 5.50.